The Labute approximate surface area is 129 Å². The summed E-state index contributed by atoms with van der Waals surface area (Å²) in [4.78, 5) is 11.6. The SMILES string of the molecule is COc1cccc([C@H](O)CNC(=O)OCc2ccccc2)c1. The molecule has 2 aromatic rings. The smallest absolute Gasteiger partial charge is 0.407 e. The van der Waals surface area contributed by atoms with Crippen LogP contribution in [0.2, 0.25) is 0 Å². The number of alkyl carbamates (subject to hydrolysis) is 1. The zero-order valence-electron chi connectivity index (χ0n) is 12.4. The van der Waals surface area contributed by atoms with Crippen LogP contribution in [0.1, 0.15) is 17.2 Å². The van der Waals surface area contributed by atoms with Crippen molar-refractivity contribution in [1.82, 2.24) is 5.32 Å². The molecular formula is C17H19NO4. The molecule has 5 heteroatoms. The van der Waals surface area contributed by atoms with Gasteiger partial charge >= 0.3 is 6.09 Å². The Bertz CT molecular complexity index is 601. The van der Waals surface area contributed by atoms with Crippen molar-refractivity contribution >= 4 is 6.09 Å². The van der Waals surface area contributed by atoms with Gasteiger partial charge < -0.3 is 19.9 Å². The molecule has 0 unspecified atom stereocenters. The molecule has 1 atom stereocenters. The minimum Gasteiger partial charge on any atom is -0.497 e. The first kappa shape index (κ1) is 15.9. The molecule has 0 aliphatic carbocycles. The van der Waals surface area contributed by atoms with E-state index in [-0.39, 0.29) is 13.2 Å². The van der Waals surface area contributed by atoms with E-state index in [0.29, 0.717) is 11.3 Å². The molecule has 5 nitrogen and oxygen atoms in total. The summed E-state index contributed by atoms with van der Waals surface area (Å²) in [7, 11) is 1.56. The highest BCUT2D eigenvalue weighted by atomic mass is 16.5. The summed E-state index contributed by atoms with van der Waals surface area (Å²) in [6, 6.07) is 16.5. The van der Waals surface area contributed by atoms with Crippen LogP contribution in [0.25, 0.3) is 0 Å². The first-order valence-corrected chi connectivity index (χ1v) is 6.95. The van der Waals surface area contributed by atoms with Crippen LogP contribution in [0.4, 0.5) is 4.79 Å². The van der Waals surface area contributed by atoms with Crippen LogP contribution < -0.4 is 10.1 Å². The van der Waals surface area contributed by atoms with Gasteiger partial charge in [-0.1, -0.05) is 42.5 Å². The van der Waals surface area contributed by atoms with Crippen LogP contribution in [0.15, 0.2) is 54.6 Å². The number of nitrogens with one attached hydrogen (secondary N) is 1. The van der Waals surface area contributed by atoms with E-state index in [4.69, 9.17) is 9.47 Å². The van der Waals surface area contributed by atoms with E-state index in [2.05, 4.69) is 5.32 Å². The molecule has 0 spiro atoms. The number of hydrogen-bond donors (Lipinski definition) is 2. The summed E-state index contributed by atoms with van der Waals surface area (Å²) >= 11 is 0. The molecule has 0 aliphatic rings. The van der Waals surface area contributed by atoms with Gasteiger partial charge in [0, 0.05) is 0 Å². The van der Waals surface area contributed by atoms with Gasteiger partial charge in [0.25, 0.3) is 0 Å². The second-order valence-corrected chi connectivity index (χ2v) is 4.74. The summed E-state index contributed by atoms with van der Waals surface area (Å²) < 4.78 is 10.2. The molecule has 2 rings (SSSR count). The summed E-state index contributed by atoms with van der Waals surface area (Å²) in [5, 5.41) is 12.6. The molecule has 0 heterocycles. The zero-order valence-corrected chi connectivity index (χ0v) is 12.4. The number of carbonyl (C=O) groups excluding carboxylic acids is 1. The molecular weight excluding hydrogens is 282 g/mol. The fourth-order valence-electron chi connectivity index (χ4n) is 1.92. The molecule has 2 aromatic carbocycles. The van der Waals surface area contributed by atoms with Gasteiger partial charge in [-0.15, -0.1) is 0 Å². The number of hydrogen-bond acceptors (Lipinski definition) is 4. The van der Waals surface area contributed by atoms with E-state index in [1.807, 2.05) is 30.3 Å². The molecule has 1 amide bonds. The minimum absolute atomic E-state index is 0.0702. The third-order valence-corrected chi connectivity index (χ3v) is 3.13. The maximum atomic E-state index is 11.6. The fraction of sp³-hybridized carbons (Fsp3) is 0.235. The molecule has 22 heavy (non-hydrogen) atoms. The van der Waals surface area contributed by atoms with Crippen molar-refractivity contribution in [3.63, 3.8) is 0 Å². The van der Waals surface area contributed by atoms with Crippen LogP contribution >= 0.6 is 0 Å². The number of ether oxygens (including phenoxy) is 2. The van der Waals surface area contributed by atoms with Crippen LogP contribution in [0, 0.1) is 0 Å². The lowest BCUT2D eigenvalue weighted by molar-refractivity contribution is 0.126. The minimum atomic E-state index is -0.820. The van der Waals surface area contributed by atoms with Crippen molar-refractivity contribution < 1.29 is 19.4 Å². The molecule has 2 N–H and O–H groups in total. The van der Waals surface area contributed by atoms with Crippen molar-refractivity contribution in [2.24, 2.45) is 0 Å². The average Bonchev–Trinajstić information content (AvgIpc) is 2.58. The van der Waals surface area contributed by atoms with Crippen molar-refractivity contribution in [3.8, 4) is 5.75 Å². The van der Waals surface area contributed by atoms with Gasteiger partial charge in [-0.2, -0.15) is 0 Å². The summed E-state index contributed by atoms with van der Waals surface area (Å²) in [5.74, 6) is 0.656. The van der Waals surface area contributed by atoms with Gasteiger partial charge in [0.05, 0.1) is 19.8 Å². The zero-order chi connectivity index (χ0) is 15.8. The highest BCUT2D eigenvalue weighted by Crippen LogP contribution is 2.18. The third kappa shape index (κ3) is 4.79. The Hall–Kier alpha value is -2.53. The lowest BCUT2D eigenvalue weighted by atomic mass is 10.1. The quantitative estimate of drug-likeness (QED) is 0.860. The Balaban J connectivity index is 1.77. The maximum Gasteiger partial charge on any atom is 0.407 e. The molecule has 0 radical (unpaired) electrons. The molecule has 0 saturated carbocycles. The number of carbonyl (C=O) groups is 1. The Morgan fingerprint density at radius 2 is 1.95 bits per heavy atom. The second-order valence-electron chi connectivity index (χ2n) is 4.74. The molecule has 0 bridgehead atoms. The number of aliphatic hydroxyl groups is 1. The van der Waals surface area contributed by atoms with Crippen molar-refractivity contribution in [3.05, 3.63) is 65.7 Å². The second kappa shape index (κ2) is 8.05. The lowest BCUT2D eigenvalue weighted by Crippen LogP contribution is -2.28. The number of amides is 1. The van der Waals surface area contributed by atoms with Gasteiger partial charge in [0.15, 0.2) is 0 Å². The largest absolute Gasteiger partial charge is 0.497 e. The van der Waals surface area contributed by atoms with E-state index in [9.17, 15) is 9.90 Å². The van der Waals surface area contributed by atoms with Crippen molar-refractivity contribution in [2.75, 3.05) is 13.7 Å². The molecule has 0 aliphatic heterocycles. The summed E-state index contributed by atoms with van der Waals surface area (Å²) in [5.41, 5.74) is 1.58. The predicted octanol–water partition coefficient (Wildman–Crippen LogP) is 2.66. The van der Waals surface area contributed by atoms with Crippen molar-refractivity contribution in [1.29, 1.82) is 0 Å². The van der Waals surface area contributed by atoms with E-state index in [1.165, 1.54) is 0 Å². The van der Waals surface area contributed by atoms with Crippen LogP contribution in [0.5, 0.6) is 5.75 Å². The highest BCUT2D eigenvalue weighted by Gasteiger charge is 2.11. The van der Waals surface area contributed by atoms with E-state index >= 15 is 0 Å². The van der Waals surface area contributed by atoms with Crippen molar-refractivity contribution in [2.45, 2.75) is 12.7 Å². The van der Waals surface area contributed by atoms with Crippen LogP contribution in [-0.2, 0) is 11.3 Å². The van der Waals surface area contributed by atoms with Crippen LogP contribution in [-0.4, -0.2) is 24.9 Å². The summed E-state index contributed by atoms with van der Waals surface area (Å²) in [6.45, 7) is 0.267. The number of benzene rings is 2. The molecule has 116 valence electrons. The maximum absolute atomic E-state index is 11.6. The average molecular weight is 301 g/mol. The molecule has 0 aromatic heterocycles. The third-order valence-electron chi connectivity index (χ3n) is 3.13. The van der Waals surface area contributed by atoms with Gasteiger partial charge in [0.2, 0.25) is 0 Å². The van der Waals surface area contributed by atoms with Gasteiger partial charge in [0.1, 0.15) is 12.4 Å². The normalized spacial score (nSPS) is 11.5. The topological polar surface area (TPSA) is 67.8 Å². The van der Waals surface area contributed by atoms with Gasteiger partial charge in [-0.05, 0) is 23.3 Å². The lowest BCUT2D eigenvalue weighted by Gasteiger charge is -2.13. The monoisotopic (exact) mass is 301 g/mol. The standard InChI is InChI=1S/C17H19NO4/c1-21-15-9-5-8-14(10-15)16(19)11-18-17(20)22-12-13-6-3-2-4-7-13/h2-10,16,19H,11-12H2,1H3,(H,18,20)/t16-/m1/s1. The van der Waals surface area contributed by atoms with Crippen LogP contribution in [0.3, 0.4) is 0 Å². The Kier molecular flexibility index (Phi) is 5.80. The van der Waals surface area contributed by atoms with Gasteiger partial charge in [-0.3, -0.25) is 0 Å². The van der Waals surface area contributed by atoms with E-state index in [0.717, 1.165) is 5.56 Å². The number of methoxy groups -OCH3 is 1. The van der Waals surface area contributed by atoms with Gasteiger partial charge in [-0.25, -0.2) is 4.79 Å². The number of rotatable bonds is 6. The Morgan fingerprint density at radius 3 is 2.68 bits per heavy atom. The molecule has 0 fully saturated rings. The fourth-order valence-corrected chi connectivity index (χ4v) is 1.92. The summed E-state index contributed by atoms with van der Waals surface area (Å²) in [6.07, 6.45) is -1.38. The van der Waals surface area contributed by atoms with E-state index in [1.54, 1.807) is 31.4 Å². The first-order chi connectivity index (χ1) is 10.7. The molecule has 0 saturated heterocycles. The van der Waals surface area contributed by atoms with E-state index < -0.39 is 12.2 Å². The number of aliphatic hydroxyl groups excluding tert-OH is 1. The first-order valence-electron chi connectivity index (χ1n) is 6.95. The highest BCUT2D eigenvalue weighted by molar-refractivity contribution is 5.67. The predicted molar refractivity (Wildman–Crippen MR) is 82.6 cm³/mol. The Morgan fingerprint density at radius 1 is 1.18 bits per heavy atom.